The molecule has 7 heteroatoms. The number of benzene rings is 2. The SMILES string of the molecule is Cc1nc(NC(=O)Cc2ccccc2)cc(N2CC(c3nc4ccccc4n3C)C2)n1. The summed E-state index contributed by atoms with van der Waals surface area (Å²) >= 11 is 0. The number of carbonyl (C=O) groups is 1. The van der Waals surface area contributed by atoms with Gasteiger partial charge in [-0.1, -0.05) is 42.5 Å². The Kier molecular flexibility index (Phi) is 4.86. The fraction of sp³-hybridized carbons (Fsp3) is 0.250. The van der Waals surface area contributed by atoms with Gasteiger partial charge in [-0.25, -0.2) is 15.0 Å². The van der Waals surface area contributed by atoms with Gasteiger partial charge < -0.3 is 14.8 Å². The number of hydrogen-bond acceptors (Lipinski definition) is 5. The smallest absolute Gasteiger partial charge is 0.229 e. The van der Waals surface area contributed by atoms with E-state index in [1.54, 1.807) is 0 Å². The first-order chi connectivity index (χ1) is 15.1. The van der Waals surface area contributed by atoms with Crippen LogP contribution in [0, 0.1) is 6.92 Å². The molecular weight excluding hydrogens is 388 g/mol. The Balaban J connectivity index is 1.28. The number of aromatic nitrogens is 4. The Morgan fingerprint density at radius 2 is 1.77 bits per heavy atom. The molecule has 156 valence electrons. The Morgan fingerprint density at radius 1 is 1.03 bits per heavy atom. The number of rotatable bonds is 5. The summed E-state index contributed by atoms with van der Waals surface area (Å²) in [6.45, 7) is 3.52. The highest BCUT2D eigenvalue weighted by Crippen LogP contribution is 2.32. The number of carbonyl (C=O) groups excluding carboxylic acids is 1. The van der Waals surface area contributed by atoms with Crippen LogP contribution >= 0.6 is 0 Å². The summed E-state index contributed by atoms with van der Waals surface area (Å²) in [7, 11) is 2.07. The van der Waals surface area contributed by atoms with Gasteiger partial charge in [0, 0.05) is 26.2 Å². The lowest BCUT2D eigenvalue weighted by atomic mass is 9.99. The Morgan fingerprint density at radius 3 is 2.55 bits per heavy atom. The molecule has 1 N–H and O–H groups in total. The minimum atomic E-state index is -0.0866. The fourth-order valence-electron chi connectivity index (χ4n) is 4.10. The molecule has 0 spiro atoms. The van der Waals surface area contributed by atoms with E-state index < -0.39 is 0 Å². The average Bonchev–Trinajstić information content (AvgIpc) is 3.04. The number of nitrogens with one attached hydrogen (secondary N) is 1. The molecule has 0 radical (unpaired) electrons. The van der Waals surface area contributed by atoms with E-state index >= 15 is 0 Å². The van der Waals surface area contributed by atoms with E-state index in [4.69, 9.17) is 4.98 Å². The number of para-hydroxylation sites is 2. The molecule has 2 aromatic carbocycles. The molecular formula is C24H24N6O. The molecule has 1 saturated heterocycles. The lowest BCUT2D eigenvalue weighted by Gasteiger charge is -2.39. The molecule has 1 amide bonds. The monoisotopic (exact) mass is 412 g/mol. The Labute approximate surface area is 180 Å². The van der Waals surface area contributed by atoms with E-state index in [0.29, 0.717) is 24.0 Å². The normalized spacial score (nSPS) is 13.9. The molecule has 1 fully saturated rings. The highest BCUT2D eigenvalue weighted by molar-refractivity contribution is 5.91. The van der Waals surface area contributed by atoms with Crippen LogP contribution in [-0.4, -0.2) is 38.5 Å². The number of amides is 1. The van der Waals surface area contributed by atoms with Gasteiger partial charge >= 0.3 is 0 Å². The number of hydrogen-bond donors (Lipinski definition) is 1. The van der Waals surface area contributed by atoms with E-state index in [1.165, 1.54) is 0 Å². The van der Waals surface area contributed by atoms with Crippen LogP contribution in [0.1, 0.15) is 23.1 Å². The summed E-state index contributed by atoms with van der Waals surface area (Å²) < 4.78 is 2.18. The molecule has 1 aliphatic heterocycles. The second-order valence-electron chi connectivity index (χ2n) is 7.99. The molecule has 0 saturated carbocycles. The molecule has 0 unspecified atom stereocenters. The number of anilines is 2. The predicted molar refractivity (Wildman–Crippen MR) is 121 cm³/mol. The molecule has 0 bridgehead atoms. The van der Waals surface area contributed by atoms with Crippen LogP contribution in [0.15, 0.2) is 60.7 Å². The van der Waals surface area contributed by atoms with Crippen LogP contribution in [0.2, 0.25) is 0 Å². The van der Waals surface area contributed by atoms with Crippen molar-refractivity contribution in [3.8, 4) is 0 Å². The van der Waals surface area contributed by atoms with Crippen LogP contribution in [0.3, 0.4) is 0 Å². The first-order valence-corrected chi connectivity index (χ1v) is 10.4. The van der Waals surface area contributed by atoms with Gasteiger partial charge in [0.2, 0.25) is 5.91 Å². The second-order valence-corrected chi connectivity index (χ2v) is 7.99. The van der Waals surface area contributed by atoms with E-state index in [0.717, 1.165) is 41.3 Å². The number of fused-ring (bicyclic) bond motifs is 1. The van der Waals surface area contributed by atoms with Crippen molar-refractivity contribution in [1.82, 2.24) is 19.5 Å². The van der Waals surface area contributed by atoms with E-state index in [2.05, 4.69) is 37.9 Å². The zero-order valence-electron chi connectivity index (χ0n) is 17.6. The standard InChI is InChI=1S/C24H24N6O/c1-16-25-21(28-23(31)12-17-8-4-3-5-9-17)13-22(26-16)30-14-18(15-30)24-27-19-10-6-7-11-20(19)29(24)2/h3-11,13,18H,12,14-15H2,1-2H3,(H,25,26,28,31). The van der Waals surface area contributed by atoms with Gasteiger partial charge in [0.1, 0.15) is 23.3 Å². The first kappa shape index (κ1) is 19.2. The fourth-order valence-corrected chi connectivity index (χ4v) is 4.10. The van der Waals surface area contributed by atoms with Crippen LogP contribution < -0.4 is 10.2 Å². The maximum absolute atomic E-state index is 12.4. The molecule has 0 atom stereocenters. The van der Waals surface area contributed by atoms with E-state index in [1.807, 2.05) is 61.5 Å². The summed E-state index contributed by atoms with van der Waals surface area (Å²) in [5, 5.41) is 2.91. The highest BCUT2D eigenvalue weighted by Gasteiger charge is 2.33. The van der Waals surface area contributed by atoms with Gasteiger partial charge in [0.05, 0.1) is 23.4 Å². The van der Waals surface area contributed by atoms with Crippen LogP contribution in [-0.2, 0) is 18.3 Å². The lowest BCUT2D eigenvalue weighted by molar-refractivity contribution is -0.115. The minimum absolute atomic E-state index is 0.0866. The predicted octanol–water partition coefficient (Wildman–Crippen LogP) is 3.46. The maximum atomic E-state index is 12.4. The van der Waals surface area contributed by atoms with Gasteiger partial charge in [-0.2, -0.15) is 0 Å². The number of nitrogens with zero attached hydrogens (tertiary/aromatic N) is 5. The maximum Gasteiger partial charge on any atom is 0.229 e. The van der Waals surface area contributed by atoms with E-state index in [-0.39, 0.29) is 5.91 Å². The van der Waals surface area contributed by atoms with E-state index in [9.17, 15) is 4.79 Å². The average molecular weight is 412 g/mol. The summed E-state index contributed by atoms with van der Waals surface area (Å²) in [4.78, 5) is 28.4. The molecule has 5 rings (SSSR count). The van der Waals surface area contributed by atoms with Crippen molar-refractivity contribution >= 4 is 28.6 Å². The van der Waals surface area contributed by atoms with Crippen LogP contribution in [0.5, 0.6) is 0 Å². The second kappa shape index (κ2) is 7.83. The molecule has 7 nitrogen and oxygen atoms in total. The van der Waals surface area contributed by atoms with Crippen LogP contribution in [0.4, 0.5) is 11.6 Å². The van der Waals surface area contributed by atoms with Crippen molar-refractivity contribution in [1.29, 1.82) is 0 Å². The quantitative estimate of drug-likeness (QED) is 0.543. The number of imidazole rings is 1. The van der Waals surface area contributed by atoms with Gasteiger partial charge in [-0.05, 0) is 24.6 Å². The van der Waals surface area contributed by atoms with Gasteiger partial charge in [-0.3, -0.25) is 4.79 Å². The molecule has 1 aliphatic rings. The van der Waals surface area contributed by atoms with Gasteiger partial charge in [-0.15, -0.1) is 0 Å². The molecule has 3 heterocycles. The molecule has 0 aliphatic carbocycles. The first-order valence-electron chi connectivity index (χ1n) is 10.4. The molecule has 31 heavy (non-hydrogen) atoms. The van der Waals surface area contributed by atoms with Crippen molar-refractivity contribution < 1.29 is 4.79 Å². The van der Waals surface area contributed by atoms with Crippen molar-refractivity contribution in [2.24, 2.45) is 7.05 Å². The van der Waals surface area contributed by atoms with Crippen molar-refractivity contribution in [2.75, 3.05) is 23.3 Å². The molecule has 2 aromatic heterocycles. The van der Waals surface area contributed by atoms with Gasteiger partial charge in [0.15, 0.2) is 0 Å². The zero-order chi connectivity index (χ0) is 21.4. The lowest BCUT2D eigenvalue weighted by Crippen LogP contribution is -2.46. The molecule has 4 aromatic rings. The minimum Gasteiger partial charge on any atom is -0.355 e. The van der Waals surface area contributed by atoms with Gasteiger partial charge in [0.25, 0.3) is 0 Å². The van der Waals surface area contributed by atoms with Crippen molar-refractivity contribution in [3.63, 3.8) is 0 Å². The summed E-state index contributed by atoms with van der Waals surface area (Å²) in [5.74, 6) is 3.37. The third-order valence-electron chi connectivity index (χ3n) is 5.69. The van der Waals surface area contributed by atoms with Crippen LogP contribution in [0.25, 0.3) is 11.0 Å². The largest absolute Gasteiger partial charge is 0.355 e. The highest BCUT2D eigenvalue weighted by atomic mass is 16.1. The topological polar surface area (TPSA) is 75.9 Å². The Bertz CT molecular complexity index is 1240. The number of aryl methyl sites for hydroxylation is 2. The third-order valence-corrected chi connectivity index (χ3v) is 5.69. The zero-order valence-corrected chi connectivity index (χ0v) is 17.6. The summed E-state index contributed by atoms with van der Waals surface area (Å²) in [6.07, 6.45) is 0.317. The summed E-state index contributed by atoms with van der Waals surface area (Å²) in [6, 6.07) is 19.7. The Hall–Kier alpha value is -3.74. The summed E-state index contributed by atoms with van der Waals surface area (Å²) in [5.41, 5.74) is 3.15. The van der Waals surface area contributed by atoms with Crippen molar-refractivity contribution in [3.05, 3.63) is 77.9 Å². The third kappa shape index (κ3) is 3.86. The van der Waals surface area contributed by atoms with Crippen molar-refractivity contribution in [2.45, 2.75) is 19.3 Å².